The number of ether oxygens (including phenoxy) is 1. The van der Waals surface area contributed by atoms with Crippen LogP contribution in [0.4, 0.5) is 5.82 Å². The van der Waals surface area contributed by atoms with Crippen LogP contribution in [-0.4, -0.2) is 42.9 Å². The van der Waals surface area contributed by atoms with Crippen molar-refractivity contribution in [1.29, 1.82) is 0 Å². The molecule has 2 aromatic rings. The third kappa shape index (κ3) is 3.82. The Bertz CT molecular complexity index is 794. The summed E-state index contributed by atoms with van der Waals surface area (Å²) in [7, 11) is 0. The first-order valence-corrected chi connectivity index (χ1v) is 10.1. The van der Waals surface area contributed by atoms with E-state index in [-0.39, 0.29) is 11.9 Å². The molecule has 0 spiro atoms. The lowest BCUT2D eigenvalue weighted by molar-refractivity contribution is 0.0934. The zero-order valence-electron chi connectivity index (χ0n) is 14.3. The number of morpholine rings is 1. The number of hydrogen-bond donors (Lipinski definition) is 1. The molecule has 0 radical (unpaired) electrons. The van der Waals surface area contributed by atoms with E-state index in [1.54, 1.807) is 18.0 Å². The zero-order valence-corrected chi connectivity index (χ0v) is 15.9. The maximum atomic E-state index is 12.7. The standard InChI is InChI=1S/C19H20ClN3O2S/c20-14-2-3-17-15(11-14)16(5-10-26-17)22-19(24)13-1-4-18(21-12-13)23-6-8-25-9-7-23/h1-4,11-12,16H,5-10H2,(H,22,24)/t16-/m0/s1. The third-order valence-electron chi connectivity index (χ3n) is 4.66. The van der Waals surface area contributed by atoms with Gasteiger partial charge in [0.05, 0.1) is 24.8 Å². The number of nitrogens with zero attached hydrogens (tertiary/aromatic N) is 2. The predicted molar refractivity (Wildman–Crippen MR) is 104 cm³/mol. The second-order valence-electron chi connectivity index (χ2n) is 6.35. The topological polar surface area (TPSA) is 54.5 Å². The lowest BCUT2D eigenvalue weighted by atomic mass is 10.0. The summed E-state index contributed by atoms with van der Waals surface area (Å²) in [5, 5.41) is 3.83. The van der Waals surface area contributed by atoms with Crippen LogP contribution in [-0.2, 0) is 4.74 Å². The SMILES string of the molecule is O=C(N[C@H]1CCSc2ccc(Cl)cc21)c1ccc(N2CCOCC2)nc1. The number of fused-ring (bicyclic) bond motifs is 1. The Hall–Kier alpha value is -1.76. The van der Waals surface area contributed by atoms with Crippen molar-refractivity contribution in [1.82, 2.24) is 10.3 Å². The second kappa shape index (κ2) is 7.86. The van der Waals surface area contributed by atoms with Gasteiger partial charge in [-0.05, 0) is 42.3 Å². The Morgan fingerprint density at radius 1 is 1.27 bits per heavy atom. The summed E-state index contributed by atoms with van der Waals surface area (Å²) in [6, 6.07) is 9.60. The number of hydrogen-bond acceptors (Lipinski definition) is 5. The first kappa shape index (κ1) is 17.6. The lowest BCUT2D eigenvalue weighted by Gasteiger charge is -2.28. The number of benzene rings is 1. The Balaban J connectivity index is 1.46. The van der Waals surface area contributed by atoms with Gasteiger partial charge in [0.1, 0.15) is 5.82 Å². The van der Waals surface area contributed by atoms with Crippen LogP contribution in [0.25, 0.3) is 0 Å². The fourth-order valence-corrected chi connectivity index (χ4v) is 4.54. The molecular weight excluding hydrogens is 370 g/mol. The van der Waals surface area contributed by atoms with E-state index in [1.165, 1.54) is 4.90 Å². The largest absolute Gasteiger partial charge is 0.378 e. The van der Waals surface area contributed by atoms with Gasteiger partial charge < -0.3 is 15.0 Å². The van der Waals surface area contributed by atoms with E-state index in [2.05, 4.69) is 15.2 Å². The minimum Gasteiger partial charge on any atom is -0.378 e. The van der Waals surface area contributed by atoms with Crippen LogP contribution in [0.15, 0.2) is 41.4 Å². The predicted octanol–water partition coefficient (Wildman–Crippen LogP) is 3.54. The van der Waals surface area contributed by atoms with Crippen LogP contribution >= 0.6 is 23.4 Å². The fourth-order valence-electron chi connectivity index (χ4n) is 3.26. The van der Waals surface area contributed by atoms with E-state index >= 15 is 0 Å². The minimum atomic E-state index is -0.103. The molecule has 2 aliphatic heterocycles. The highest BCUT2D eigenvalue weighted by atomic mass is 35.5. The van der Waals surface area contributed by atoms with Crippen LogP contribution in [0.1, 0.15) is 28.4 Å². The maximum Gasteiger partial charge on any atom is 0.253 e. The summed E-state index contributed by atoms with van der Waals surface area (Å²) in [4.78, 5) is 20.5. The number of halogens is 1. The van der Waals surface area contributed by atoms with Gasteiger partial charge in [-0.2, -0.15) is 0 Å². The molecule has 3 heterocycles. The summed E-state index contributed by atoms with van der Waals surface area (Å²) in [5.41, 5.74) is 1.67. The molecule has 2 aliphatic rings. The fraction of sp³-hybridized carbons (Fsp3) is 0.368. The van der Waals surface area contributed by atoms with Crippen LogP contribution < -0.4 is 10.2 Å². The monoisotopic (exact) mass is 389 g/mol. The molecule has 0 unspecified atom stereocenters. The van der Waals surface area contributed by atoms with Gasteiger partial charge in [-0.1, -0.05) is 11.6 Å². The summed E-state index contributed by atoms with van der Waals surface area (Å²) in [5.74, 6) is 1.76. The van der Waals surface area contributed by atoms with Gasteiger partial charge in [0.2, 0.25) is 0 Å². The molecule has 1 saturated heterocycles. The zero-order chi connectivity index (χ0) is 17.9. The van der Waals surface area contributed by atoms with E-state index in [4.69, 9.17) is 16.3 Å². The van der Waals surface area contributed by atoms with Crippen molar-refractivity contribution >= 4 is 35.1 Å². The molecule has 0 saturated carbocycles. The number of nitrogens with one attached hydrogen (secondary N) is 1. The van der Waals surface area contributed by atoms with Gasteiger partial charge in [-0.15, -0.1) is 11.8 Å². The highest BCUT2D eigenvalue weighted by molar-refractivity contribution is 7.99. The average molecular weight is 390 g/mol. The second-order valence-corrected chi connectivity index (χ2v) is 7.92. The molecule has 136 valence electrons. The molecule has 1 amide bonds. The Morgan fingerprint density at radius 3 is 2.88 bits per heavy atom. The Morgan fingerprint density at radius 2 is 2.12 bits per heavy atom. The molecule has 26 heavy (non-hydrogen) atoms. The maximum absolute atomic E-state index is 12.7. The molecule has 1 fully saturated rings. The molecule has 0 bridgehead atoms. The van der Waals surface area contributed by atoms with Gasteiger partial charge in [-0.25, -0.2) is 4.98 Å². The van der Waals surface area contributed by atoms with Gasteiger partial charge in [-0.3, -0.25) is 4.79 Å². The van der Waals surface area contributed by atoms with Crippen molar-refractivity contribution < 1.29 is 9.53 Å². The Kier molecular flexibility index (Phi) is 5.33. The third-order valence-corrected chi connectivity index (χ3v) is 6.02. The number of aromatic nitrogens is 1. The number of carbonyl (C=O) groups is 1. The van der Waals surface area contributed by atoms with Crippen molar-refractivity contribution in [2.75, 3.05) is 37.0 Å². The van der Waals surface area contributed by atoms with Gasteiger partial charge in [0, 0.05) is 35.0 Å². The van der Waals surface area contributed by atoms with Crippen LogP contribution in [0.5, 0.6) is 0 Å². The normalized spacial score (nSPS) is 19.7. The highest BCUT2D eigenvalue weighted by Crippen LogP contribution is 2.37. The molecule has 1 atom stereocenters. The number of amides is 1. The van der Waals surface area contributed by atoms with E-state index in [9.17, 15) is 4.79 Å². The molecule has 0 aliphatic carbocycles. The number of thioether (sulfide) groups is 1. The van der Waals surface area contributed by atoms with Crippen LogP contribution in [0, 0.1) is 0 Å². The first-order valence-electron chi connectivity index (χ1n) is 8.72. The number of carbonyl (C=O) groups excluding carboxylic acids is 1. The van der Waals surface area contributed by atoms with Crippen LogP contribution in [0.2, 0.25) is 5.02 Å². The van der Waals surface area contributed by atoms with E-state index in [1.807, 2.05) is 30.3 Å². The summed E-state index contributed by atoms with van der Waals surface area (Å²) in [6.07, 6.45) is 2.54. The minimum absolute atomic E-state index is 0.0173. The molecule has 4 rings (SSSR count). The summed E-state index contributed by atoms with van der Waals surface area (Å²) < 4.78 is 5.36. The Labute approximate surface area is 162 Å². The smallest absolute Gasteiger partial charge is 0.253 e. The van der Waals surface area contributed by atoms with E-state index in [0.29, 0.717) is 23.8 Å². The summed E-state index contributed by atoms with van der Waals surface area (Å²) in [6.45, 7) is 3.09. The molecule has 1 aromatic heterocycles. The molecule has 5 nitrogen and oxygen atoms in total. The molecule has 1 aromatic carbocycles. The van der Waals surface area contributed by atoms with Gasteiger partial charge in [0.25, 0.3) is 5.91 Å². The summed E-state index contributed by atoms with van der Waals surface area (Å²) >= 11 is 7.95. The van der Waals surface area contributed by atoms with Crippen molar-refractivity contribution in [2.45, 2.75) is 17.4 Å². The van der Waals surface area contributed by atoms with Crippen molar-refractivity contribution in [3.05, 3.63) is 52.7 Å². The van der Waals surface area contributed by atoms with Crippen molar-refractivity contribution in [3.8, 4) is 0 Å². The van der Waals surface area contributed by atoms with Crippen LogP contribution in [0.3, 0.4) is 0 Å². The quantitative estimate of drug-likeness (QED) is 0.870. The average Bonchev–Trinajstić information content (AvgIpc) is 2.69. The molecule has 1 N–H and O–H groups in total. The van der Waals surface area contributed by atoms with Crippen molar-refractivity contribution in [2.24, 2.45) is 0 Å². The number of pyridine rings is 1. The highest BCUT2D eigenvalue weighted by Gasteiger charge is 2.23. The number of anilines is 1. The van der Waals surface area contributed by atoms with Gasteiger partial charge in [0.15, 0.2) is 0 Å². The van der Waals surface area contributed by atoms with E-state index < -0.39 is 0 Å². The lowest BCUT2D eigenvalue weighted by Crippen LogP contribution is -2.36. The van der Waals surface area contributed by atoms with Crippen molar-refractivity contribution in [3.63, 3.8) is 0 Å². The first-order chi connectivity index (χ1) is 12.7. The van der Waals surface area contributed by atoms with Gasteiger partial charge >= 0.3 is 0 Å². The number of rotatable bonds is 3. The molecule has 7 heteroatoms. The van der Waals surface area contributed by atoms with E-state index in [0.717, 1.165) is 36.6 Å². The molecular formula is C19H20ClN3O2S.